The summed E-state index contributed by atoms with van der Waals surface area (Å²) in [5.74, 6) is -5.46. The second-order valence-electron chi connectivity index (χ2n) is 16.1. The fraction of sp³-hybridized carbons (Fsp3) is 0.311. The van der Waals surface area contributed by atoms with Crippen molar-refractivity contribution < 1.29 is 45.5 Å². The van der Waals surface area contributed by atoms with Crippen LogP contribution in [0.4, 0.5) is 30.4 Å². The molecule has 3 aromatic carbocycles. The third-order valence-corrected chi connectivity index (χ3v) is 12.6. The van der Waals surface area contributed by atoms with Crippen molar-refractivity contribution >= 4 is 61.7 Å². The zero-order chi connectivity index (χ0) is 46.9. The van der Waals surface area contributed by atoms with Gasteiger partial charge in [-0.3, -0.25) is 38.6 Å². The Morgan fingerprint density at radius 1 is 0.985 bits per heavy atom. The highest BCUT2D eigenvalue weighted by Gasteiger charge is 2.40. The lowest BCUT2D eigenvalue weighted by molar-refractivity contribution is -0.137. The van der Waals surface area contributed by atoms with Gasteiger partial charge in [0.2, 0.25) is 17.7 Å². The number of hydrogen-bond donors (Lipinski definition) is 4. The molecule has 17 nitrogen and oxygen atoms in total. The van der Waals surface area contributed by atoms with E-state index in [0.717, 1.165) is 24.8 Å². The molecule has 0 aliphatic carbocycles. The van der Waals surface area contributed by atoms with E-state index in [1.54, 1.807) is 49.2 Å². The molecule has 3 aromatic heterocycles. The van der Waals surface area contributed by atoms with Gasteiger partial charge in [0.25, 0.3) is 15.9 Å². The first-order chi connectivity index (χ1) is 31.6. The smallest absolute Gasteiger partial charge is 0.355 e. The standard InChI is InChI=1S/C45H45F3N10O7S/c1-25(26-11-14-29(46)15-12-26)65-36-20-27(13-16-34(36)55-66(63,64)45(47)48)40-39-41(56(2)54-40)31(22-50-42(39)49)28-21-51-57(23-28)19-6-4-3-5-10-37(59)52-33-9-7-8-30-32(33)24-58(44(30)62)35-17-18-38(60)53-43(35)61/h7-9,11-16,20-23,25,35,45,55H,3-6,10,17-19,24H2,1-2H3,(H2,49,50)(H,52,59)(H,53,60,61)/t25-,35?/m0/s1. The number of rotatable bonds is 17. The van der Waals surface area contributed by atoms with Crippen molar-refractivity contribution in [3.63, 3.8) is 0 Å². The van der Waals surface area contributed by atoms with E-state index in [1.165, 1.54) is 47.4 Å². The number of pyridine rings is 1. The second-order valence-corrected chi connectivity index (χ2v) is 17.8. The summed E-state index contributed by atoms with van der Waals surface area (Å²) in [5, 5.41) is 15.0. The number of nitrogens with zero attached hydrogens (tertiary/aromatic N) is 6. The van der Waals surface area contributed by atoms with E-state index in [4.69, 9.17) is 15.6 Å². The molecule has 2 atom stereocenters. The summed E-state index contributed by atoms with van der Waals surface area (Å²) in [6, 6.07) is 14.0. The lowest BCUT2D eigenvalue weighted by Gasteiger charge is -2.29. The molecule has 0 radical (unpaired) electrons. The van der Waals surface area contributed by atoms with Crippen LogP contribution >= 0.6 is 0 Å². The van der Waals surface area contributed by atoms with Gasteiger partial charge in [-0.25, -0.2) is 17.8 Å². The van der Waals surface area contributed by atoms with Crippen LogP contribution in [0.15, 0.2) is 79.3 Å². The van der Waals surface area contributed by atoms with Gasteiger partial charge in [-0.05, 0) is 68.1 Å². The zero-order valence-corrected chi connectivity index (χ0v) is 36.6. The number of anilines is 3. The van der Waals surface area contributed by atoms with Crippen molar-refractivity contribution in [3.05, 3.63) is 102 Å². The van der Waals surface area contributed by atoms with Gasteiger partial charge in [-0.15, -0.1) is 0 Å². The molecule has 1 saturated heterocycles. The number of nitrogens with one attached hydrogen (secondary N) is 3. The summed E-state index contributed by atoms with van der Waals surface area (Å²) in [6.07, 6.45) is 8.16. The van der Waals surface area contributed by atoms with E-state index in [9.17, 15) is 40.8 Å². The molecule has 0 saturated carbocycles. The number of benzene rings is 3. The number of hydrogen-bond acceptors (Lipinski definition) is 11. The van der Waals surface area contributed by atoms with Gasteiger partial charge >= 0.3 is 5.76 Å². The third kappa shape index (κ3) is 9.42. The van der Waals surface area contributed by atoms with Crippen LogP contribution in [0.5, 0.6) is 5.75 Å². The lowest BCUT2D eigenvalue weighted by atomic mass is 10.0. The van der Waals surface area contributed by atoms with Crippen molar-refractivity contribution in [2.45, 2.75) is 82.9 Å². The minimum atomic E-state index is -5.07. The first-order valence-electron chi connectivity index (χ1n) is 21.1. The van der Waals surface area contributed by atoms with Crippen LogP contribution in [0, 0.1) is 5.82 Å². The normalized spacial score (nSPS) is 15.6. The van der Waals surface area contributed by atoms with Gasteiger partial charge in [-0.1, -0.05) is 37.1 Å². The van der Waals surface area contributed by atoms with Crippen molar-refractivity contribution in [3.8, 4) is 28.1 Å². The molecule has 1 fully saturated rings. The van der Waals surface area contributed by atoms with Crippen LogP contribution in [-0.4, -0.2) is 73.3 Å². The van der Waals surface area contributed by atoms with Gasteiger partial charge in [-0.2, -0.15) is 19.0 Å². The number of amides is 4. The Morgan fingerprint density at radius 3 is 2.52 bits per heavy atom. The Labute approximate surface area is 376 Å². The summed E-state index contributed by atoms with van der Waals surface area (Å²) < 4.78 is 76.3. The quantitative estimate of drug-likeness (QED) is 0.0558. The van der Waals surface area contributed by atoms with Gasteiger partial charge in [0.15, 0.2) is 0 Å². The third-order valence-electron chi connectivity index (χ3n) is 11.6. The van der Waals surface area contributed by atoms with Crippen LogP contribution in [0.2, 0.25) is 0 Å². The molecule has 0 spiro atoms. The number of nitrogen functional groups attached to an aromatic ring is 1. The minimum absolute atomic E-state index is 0.0880. The number of aromatic nitrogens is 5. The average molecular weight is 927 g/mol. The SMILES string of the molecule is C[C@H](Oc1cc(-c2nn(C)c3c(-c4cnn(CCCCCCC(=O)Nc5cccc6c5CN(C5CCC(=O)NC5=O)C6=O)c4)cnc(N)c23)ccc1NS(=O)(=O)C(F)F)c1ccc(F)cc1. The number of aryl methyl sites for hydroxylation is 2. The molecule has 5 N–H and O–H groups in total. The average Bonchev–Trinajstić information content (AvgIpc) is 3.99. The number of fused-ring (bicyclic) bond motifs is 2. The maximum absolute atomic E-state index is 13.6. The minimum Gasteiger partial charge on any atom is -0.484 e. The summed E-state index contributed by atoms with van der Waals surface area (Å²) in [7, 11) is -3.34. The van der Waals surface area contributed by atoms with Crippen molar-refractivity contribution in [2.24, 2.45) is 7.05 Å². The lowest BCUT2D eigenvalue weighted by Crippen LogP contribution is -2.52. The maximum Gasteiger partial charge on any atom is 0.355 e. The van der Waals surface area contributed by atoms with Crippen LogP contribution in [0.3, 0.4) is 0 Å². The maximum atomic E-state index is 13.6. The Hall–Kier alpha value is -7.29. The number of halogens is 3. The second kappa shape index (κ2) is 18.7. The molecule has 2 aliphatic rings. The van der Waals surface area contributed by atoms with E-state index < -0.39 is 39.7 Å². The summed E-state index contributed by atoms with van der Waals surface area (Å²) in [6.45, 7) is 2.40. The fourth-order valence-electron chi connectivity index (χ4n) is 8.24. The van der Waals surface area contributed by atoms with Crippen LogP contribution in [0.1, 0.15) is 79.5 Å². The van der Waals surface area contributed by atoms with Gasteiger partial charge in [0.05, 0.1) is 22.8 Å². The monoisotopic (exact) mass is 926 g/mol. The number of imide groups is 1. The number of carbonyl (C=O) groups is 4. The summed E-state index contributed by atoms with van der Waals surface area (Å²) in [4.78, 5) is 56.1. The van der Waals surface area contributed by atoms with Crippen molar-refractivity contribution in [1.29, 1.82) is 0 Å². The highest BCUT2D eigenvalue weighted by atomic mass is 32.2. The largest absolute Gasteiger partial charge is 0.484 e. The molecular formula is C45H45F3N10O7S. The molecule has 66 heavy (non-hydrogen) atoms. The first-order valence-corrected chi connectivity index (χ1v) is 22.7. The molecule has 21 heteroatoms. The molecule has 1 unspecified atom stereocenters. The van der Waals surface area contributed by atoms with Gasteiger partial charge < -0.3 is 20.7 Å². The van der Waals surface area contributed by atoms with Crippen LogP contribution in [-0.2, 0) is 44.5 Å². The van der Waals surface area contributed by atoms with E-state index in [-0.39, 0.29) is 60.8 Å². The number of nitrogens with two attached hydrogens (primary N) is 1. The van der Waals surface area contributed by atoms with Gasteiger partial charge in [0.1, 0.15) is 35.2 Å². The summed E-state index contributed by atoms with van der Waals surface area (Å²) in [5.41, 5.74) is 11.2. The molecule has 8 rings (SSSR count). The van der Waals surface area contributed by atoms with E-state index in [2.05, 4.69) is 20.7 Å². The number of ether oxygens (including phenoxy) is 1. The van der Waals surface area contributed by atoms with Crippen LogP contribution < -0.4 is 25.8 Å². The fourth-order valence-corrected chi connectivity index (χ4v) is 8.81. The van der Waals surface area contributed by atoms with E-state index in [0.29, 0.717) is 63.1 Å². The molecule has 5 heterocycles. The van der Waals surface area contributed by atoms with Crippen LogP contribution in [0.25, 0.3) is 33.3 Å². The Morgan fingerprint density at radius 2 is 1.76 bits per heavy atom. The molecular weight excluding hydrogens is 882 g/mol. The summed E-state index contributed by atoms with van der Waals surface area (Å²) >= 11 is 0. The number of alkyl halides is 2. The number of sulfonamides is 1. The molecule has 4 amide bonds. The van der Waals surface area contributed by atoms with Gasteiger partial charge in [0, 0.05) is 78.9 Å². The predicted octanol–water partition coefficient (Wildman–Crippen LogP) is 6.67. The highest BCUT2D eigenvalue weighted by molar-refractivity contribution is 7.93. The molecule has 6 aromatic rings. The first kappa shape index (κ1) is 45.3. The molecule has 0 bridgehead atoms. The molecule has 2 aliphatic heterocycles. The van der Waals surface area contributed by atoms with E-state index in [1.807, 2.05) is 15.6 Å². The number of carbonyl (C=O) groups excluding carboxylic acids is 4. The number of piperidine rings is 1. The molecule has 344 valence electrons. The number of unbranched alkanes of at least 4 members (excludes halogenated alkanes) is 3. The Balaban J connectivity index is 0.898. The van der Waals surface area contributed by atoms with E-state index >= 15 is 0 Å². The Kier molecular flexibility index (Phi) is 12.8. The predicted molar refractivity (Wildman–Crippen MR) is 238 cm³/mol. The van der Waals surface area contributed by atoms with Crippen molar-refractivity contribution in [2.75, 3.05) is 15.8 Å². The topological polar surface area (TPSA) is 226 Å². The highest BCUT2D eigenvalue weighted by Crippen LogP contribution is 2.41. The zero-order valence-electron chi connectivity index (χ0n) is 35.8. The van der Waals surface area contributed by atoms with Crippen molar-refractivity contribution in [1.82, 2.24) is 34.8 Å². The Bertz CT molecular complexity index is 2980.